The minimum atomic E-state index is -1.07. The molecule has 6 nitrogen and oxygen atoms in total. The van der Waals surface area contributed by atoms with Gasteiger partial charge in [-0.1, -0.05) is 34.1 Å². The van der Waals surface area contributed by atoms with E-state index in [4.69, 9.17) is 11.6 Å². The number of hydrogen-bond acceptors (Lipinski definition) is 5. The second-order valence-corrected chi connectivity index (χ2v) is 7.77. The Labute approximate surface area is 150 Å². The van der Waals surface area contributed by atoms with Crippen LogP contribution in [0.1, 0.15) is 13.3 Å². The van der Waals surface area contributed by atoms with E-state index in [9.17, 15) is 18.9 Å². The predicted molar refractivity (Wildman–Crippen MR) is 93.1 cm³/mol. The molecule has 0 spiro atoms. The normalized spacial score (nSPS) is 12.2. The highest BCUT2D eigenvalue weighted by Crippen LogP contribution is 2.37. The average molecular weight is 392 g/mol. The number of aromatic nitrogens is 2. The van der Waals surface area contributed by atoms with Crippen molar-refractivity contribution in [3.05, 3.63) is 34.6 Å². The zero-order valence-electron chi connectivity index (χ0n) is 13.0. The van der Waals surface area contributed by atoms with Gasteiger partial charge in [-0.05, 0) is 13.0 Å². The molecule has 0 aliphatic rings. The van der Waals surface area contributed by atoms with Crippen LogP contribution in [0.2, 0.25) is 5.15 Å². The molecule has 2 rings (SSSR count). The Morgan fingerprint density at radius 3 is 2.83 bits per heavy atom. The molecule has 1 unspecified atom stereocenters. The van der Waals surface area contributed by atoms with Crippen molar-refractivity contribution in [1.82, 2.24) is 4.98 Å². The maximum Gasteiger partial charge on any atom is 0.232 e. The summed E-state index contributed by atoms with van der Waals surface area (Å²) < 4.78 is 24.9. The molecule has 2 aromatic heterocycles. The lowest BCUT2D eigenvalue weighted by Gasteiger charge is -2.19. The van der Waals surface area contributed by atoms with Gasteiger partial charge in [-0.2, -0.15) is 4.73 Å². The lowest BCUT2D eigenvalue weighted by Crippen LogP contribution is -2.31. The van der Waals surface area contributed by atoms with Crippen LogP contribution in [0.15, 0.2) is 18.5 Å². The van der Waals surface area contributed by atoms with Gasteiger partial charge in [0, 0.05) is 6.54 Å². The molecule has 0 radical (unpaired) electrons. The van der Waals surface area contributed by atoms with E-state index in [1.54, 1.807) is 6.92 Å². The van der Waals surface area contributed by atoms with Crippen LogP contribution in [0.4, 0.5) is 9.39 Å². The molecule has 0 aliphatic carbocycles. The first-order valence-corrected chi connectivity index (χ1v) is 9.90. The van der Waals surface area contributed by atoms with Crippen molar-refractivity contribution < 1.29 is 18.5 Å². The molecular formula is C14H15ClFN3O3S2. The van der Waals surface area contributed by atoms with Crippen molar-refractivity contribution in [1.29, 1.82) is 0 Å². The van der Waals surface area contributed by atoms with E-state index in [1.807, 2.05) is 0 Å². The molecule has 0 fully saturated rings. The van der Waals surface area contributed by atoms with Gasteiger partial charge in [0.25, 0.3) is 0 Å². The van der Waals surface area contributed by atoms with Crippen molar-refractivity contribution >= 4 is 45.0 Å². The van der Waals surface area contributed by atoms with Gasteiger partial charge in [-0.25, -0.2) is 9.37 Å². The smallest absolute Gasteiger partial charge is 0.232 e. The Hall–Kier alpha value is -1.42. The molecular weight excluding hydrogens is 377 g/mol. The van der Waals surface area contributed by atoms with E-state index in [0.717, 1.165) is 17.5 Å². The third-order valence-electron chi connectivity index (χ3n) is 3.09. The Morgan fingerprint density at radius 2 is 2.25 bits per heavy atom. The quantitative estimate of drug-likeness (QED) is 0.430. The summed E-state index contributed by atoms with van der Waals surface area (Å²) in [4.78, 5) is 17.8. The van der Waals surface area contributed by atoms with E-state index in [0.29, 0.717) is 21.3 Å². The average Bonchev–Trinajstić information content (AvgIpc) is 2.87. The van der Waals surface area contributed by atoms with E-state index in [-0.39, 0.29) is 28.8 Å². The Morgan fingerprint density at radius 1 is 1.54 bits per heavy atom. The minimum absolute atomic E-state index is 0.101. The van der Waals surface area contributed by atoms with Crippen LogP contribution >= 0.6 is 22.9 Å². The van der Waals surface area contributed by atoms with Gasteiger partial charge in [-0.3, -0.25) is 4.79 Å². The standard InChI is InChI=1S/C14H15ClFN3O3S2/c1-3-19(11(20)4-5-24(2)22)14-12(15)17-13(23-14)9-6-10(16)8-18(21)7-9/h6-8H,3-5H2,1-2H3. The fourth-order valence-electron chi connectivity index (χ4n) is 2.02. The molecule has 2 aromatic rings. The first-order chi connectivity index (χ1) is 11.3. The molecule has 24 heavy (non-hydrogen) atoms. The van der Waals surface area contributed by atoms with Gasteiger partial charge in [0.15, 0.2) is 17.2 Å². The number of thiazole rings is 1. The van der Waals surface area contributed by atoms with E-state index < -0.39 is 17.0 Å². The Kier molecular flexibility index (Phi) is 6.39. The van der Waals surface area contributed by atoms with Gasteiger partial charge >= 0.3 is 0 Å². The van der Waals surface area contributed by atoms with Crippen molar-refractivity contribution in [2.24, 2.45) is 0 Å². The Balaban J connectivity index is 2.30. The van der Waals surface area contributed by atoms with Crippen LogP contribution in [0, 0.1) is 11.0 Å². The van der Waals surface area contributed by atoms with E-state index in [2.05, 4.69) is 4.98 Å². The number of carbonyl (C=O) groups is 1. The molecule has 0 aliphatic heterocycles. The molecule has 130 valence electrons. The lowest BCUT2D eigenvalue weighted by atomic mass is 10.3. The number of amides is 1. The van der Waals surface area contributed by atoms with E-state index >= 15 is 0 Å². The predicted octanol–water partition coefficient (Wildman–Crippen LogP) is 2.36. The van der Waals surface area contributed by atoms with Crippen LogP contribution in [0.3, 0.4) is 0 Å². The zero-order valence-corrected chi connectivity index (χ0v) is 15.4. The third-order valence-corrected chi connectivity index (χ3v) is 5.37. The highest BCUT2D eigenvalue weighted by atomic mass is 35.5. The molecule has 0 bridgehead atoms. The summed E-state index contributed by atoms with van der Waals surface area (Å²) in [5.41, 5.74) is 0.279. The first-order valence-electron chi connectivity index (χ1n) is 6.98. The maximum atomic E-state index is 13.4. The summed E-state index contributed by atoms with van der Waals surface area (Å²) in [6, 6.07) is 1.17. The first kappa shape index (κ1) is 18.9. The molecule has 1 amide bonds. The molecule has 0 N–H and O–H groups in total. The SMILES string of the molecule is CCN(C(=O)CC[S+](C)[O-])c1sc(-c2cc(F)c[n+]([O-])c2)nc1Cl. The largest absolute Gasteiger partial charge is 0.619 e. The maximum absolute atomic E-state index is 13.4. The van der Waals surface area contributed by atoms with Gasteiger partial charge in [0.05, 0.1) is 18.2 Å². The summed E-state index contributed by atoms with van der Waals surface area (Å²) in [7, 11) is 0. The van der Waals surface area contributed by atoms with Gasteiger partial charge in [-0.15, -0.1) is 0 Å². The highest BCUT2D eigenvalue weighted by Gasteiger charge is 2.23. The van der Waals surface area contributed by atoms with Gasteiger partial charge in [0.2, 0.25) is 12.1 Å². The molecule has 10 heteroatoms. The highest BCUT2D eigenvalue weighted by molar-refractivity contribution is 7.90. The van der Waals surface area contributed by atoms with Crippen LogP contribution in [-0.4, -0.2) is 34.0 Å². The number of rotatable bonds is 6. The Bertz CT molecular complexity index is 722. The van der Waals surface area contributed by atoms with Crippen LogP contribution in [-0.2, 0) is 16.0 Å². The summed E-state index contributed by atoms with van der Waals surface area (Å²) in [5.74, 6) is -0.647. The second kappa shape index (κ2) is 8.11. The summed E-state index contributed by atoms with van der Waals surface area (Å²) in [6.07, 6.45) is 3.64. The molecule has 0 saturated heterocycles. The zero-order chi connectivity index (χ0) is 17.9. The van der Waals surface area contributed by atoms with Gasteiger partial charge in [0.1, 0.15) is 15.8 Å². The number of nitrogens with zero attached hydrogens (tertiary/aromatic N) is 3. The summed E-state index contributed by atoms with van der Waals surface area (Å²) in [6.45, 7) is 2.14. The summed E-state index contributed by atoms with van der Waals surface area (Å²) in [5, 5.41) is 12.2. The number of halogens is 2. The van der Waals surface area contributed by atoms with Crippen LogP contribution in [0.5, 0.6) is 0 Å². The van der Waals surface area contributed by atoms with Crippen LogP contribution in [0.25, 0.3) is 10.6 Å². The van der Waals surface area contributed by atoms with E-state index in [1.165, 1.54) is 23.4 Å². The fourth-order valence-corrected chi connectivity index (χ4v) is 3.85. The van der Waals surface area contributed by atoms with Crippen molar-refractivity contribution in [2.45, 2.75) is 13.3 Å². The van der Waals surface area contributed by atoms with Crippen molar-refractivity contribution in [2.75, 3.05) is 23.5 Å². The minimum Gasteiger partial charge on any atom is -0.619 e. The van der Waals surface area contributed by atoms with Crippen molar-refractivity contribution in [3.8, 4) is 10.6 Å². The monoisotopic (exact) mass is 391 g/mol. The fraction of sp³-hybridized carbons (Fsp3) is 0.357. The number of pyridine rings is 1. The van der Waals surface area contributed by atoms with Crippen molar-refractivity contribution in [3.63, 3.8) is 0 Å². The number of hydrogen-bond donors (Lipinski definition) is 0. The number of anilines is 1. The third kappa shape index (κ3) is 4.56. The second-order valence-electron chi connectivity index (χ2n) is 4.88. The van der Waals surface area contributed by atoms with Crippen LogP contribution < -0.4 is 9.63 Å². The molecule has 2 heterocycles. The molecule has 1 atom stereocenters. The number of carbonyl (C=O) groups excluding carboxylic acids is 1. The summed E-state index contributed by atoms with van der Waals surface area (Å²) >= 11 is 6.15. The molecule has 0 aromatic carbocycles. The lowest BCUT2D eigenvalue weighted by molar-refractivity contribution is -0.606. The topological polar surface area (TPSA) is 83.2 Å². The van der Waals surface area contributed by atoms with Gasteiger partial charge < -0.3 is 14.7 Å². The molecule has 0 saturated carbocycles.